The van der Waals surface area contributed by atoms with Crippen LogP contribution in [0.15, 0.2) is 36.7 Å². The lowest BCUT2D eigenvalue weighted by molar-refractivity contribution is 0.0479. The zero-order valence-electron chi connectivity index (χ0n) is 18.5. The van der Waals surface area contributed by atoms with Crippen molar-refractivity contribution in [2.75, 3.05) is 26.4 Å². The van der Waals surface area contributed by atoms with E-state index in [4.69, 9.17) is 14.2 Å². The summed E-state index contributed by atoms with van der Waals surface area (Å²) in [6.45, 7) is 7.88. The molecule has 0 saturated heterocycles. The highest BCUT2D eigenvalue weighted by Gasteiger charge is 2.08. The van der Waals surface area contributed by atoms with Crippen molar-refractivity contribution in [1.29, 1.82) is 0 Å². The highest BCUT2D eigenvalue weighted by molar-refractivity contribution is 5.56. The summed E-state index contributed by atoms with van der Waals surface area (Å²) in [5, 5.41) is 0. The molecule has 0 aliphatic heterocycles. The minimum Gasteiger partial charge on any atom is -0.493 e. The molecule has 0 amide bonds. The third-order valence-corrected chi connectivity index (χ3v) is 4.69. The highest BCUT2D eigenvalue weighted by atomic mass is 19.1. The molecular weight excluding hydrogens is 383 g/mol. The summed E-state index contributed by atoms with van der Waals surface area (Å²) in [4.78, 5) is 8.80. The molecular formula is C24H35FN2O3. The van der Waals surface area contributed by atoms with Gasteiger partial charge in [0.25, 0.3) is 0 Å². The SMILES string of the molecule is CCCCCCOc1cnc(-c2ccc(OCC(C)COCC(F)CC)cc2)nc1. The van der Waals surface area contributed by atoms with Crippen molar-refractivity contribution < 1.29 is 18.6 Å². The number of halogens is 1. The van der Waals surface area contributed by atoms with Gasteiger partial charge in [0.05, 0.1) is 38.8 Å². The predicted molar refractivity (Wildman–Crippen MR) is 118 cm³/mol. The van der Waals surface area contributed by atoms with Gasteiger partial charge in [0.15, 0.2) is 11.6 Å². The summed E-state index contributed by atoms with van der Waals surface area (Å²) < 4.78 is 30.0. The quantitative estimate of drug-likeness (QED) is 0.338. The van der Waals surface area contributed by atoms with Crippen LogP contribution in [-0.2, 0) is 4.74 Å². The standard InChI is InChI=1S/C24H35FN2O3/c1-4-6-7-8-13-29-23-14-26-24(27-15-23)20-9-11-22(12-10-20)30-17-19(3)16-28-18-21(25)5-2/h9-12,14-15,19,21H,4-8,13,16-18H2,1-3H3. The Morgan fingerprint density at radius 3 is 2.27 bits per heavy atom. The fraction of sp³-hybridized carbons (Fsp3) is 0.583. The summed E-state index contributed by atoms with van der Waals surface area (Å²) in [5.41, 5.74) is 0.918. The maximum absolute atomic E-state index is 13.2. The molecule has 1 aromatic carbocycles. The molecule has 0 N–H and O–H groups in total. The van der Waals surface area contributed by atoms with E-state index in [0.717, 1.165) is 17.7 Å². The van der Waals surface area contributed by atoms with Crippen LogP contribution in [0.2, 0.25) is 0 Å². The van der Waals surface area contributed by atoms with Crippen molar-refractivity contribution in [3.63, 3.8) is 0 Å². The van der Waals surface area contributed by atoms with Gasteiger partial charge in [-0.3, -0.25) is 0 Å². The molecule has 0 spiro atoms. The van der Waals surface area contributed by atoms with Gasteiger partial charge in [-0.1, -0.05) is 40.0 Å². The van der Waals surface area contributed by atoms with Crippen molar-refractivity contribution in [3.8, 4) is 22.9 Å². The van der Waals surface area contributed by atoms with Gasteiger partial charge >= 0.3 is 0 Å². The maximum Gasteiger partial charge on any atom is 0.159 e. The maximum atomic E-state index is 13.2. The van der Waals surface area contributed by atoms with Gasteiger partial charge in [-0.05, 0) is 37.1 Å². The lowest BCUT2D eigenvalue weighted by Crippen LogP contribution is -2.18. The smallest absolute Gasteiger partial charge is 0.159 e. The minimum atomic E-state index is -0.890. The van der Waals surface area contributed by atoms with E-state index < -0.39 is 6.17 Å². The summed E-state index contributed by atoms with van der Waals surface area (Å²) in [6, 6.07) is 7.68. The molecule has 2 rings (SSSR count). The Balaban J connectivity index is 1.74. The average molecular weight is 419 g/mol. The summed E-state index contributed by atoms with van der Waals surface area (Å²) in [5.74, 6) is 2.31. The van der Waals surface area contributed by atoms with Crippen LogP contribution in [0, 0.1) is 5.92 Å². The van der Waals surface area contributed by atoms with E-state index in [1.165, 1.54) is 19.3 Å². The van der Waals surface area contributed by atoms with Crippen molar-refractivity contribution >= 4 is 0 Å². The van der Waals surface area contributed by atoms with Gasteiger partial charge in [0.2, 0.25) is 0 Å². The summed E-state index contributed by atoms with van der Waals surface area (Å²) in [6.07, 6.45) is 7.72. The van der Waals surface area contributed by atoms with E-state index >= 15 is 0 Å². The fourth-order valence-corrected chi connectivity index (χ4v) is 2.76. The lowest BCUT2D eigenvalue weighted by Gasteiger charge is -2.14. The van der Waals surface area contributed by atoms with Crippen LogP contribution in [0.5, 0.6) is 11.5 Å². The number of alkyl halides is 1. The molecule has 0 bridgehead atoms. The summed E-state index contributed by atoms with van der Waals surface area (Å²) >= 11 is 0. The number of hydrogen-bond donors (Lipinski definition) is 0. The third-order valence-electron chi connectivity index (χ3n) is 4.69. The normalized spacial score (nSPS) is 13.1. The van der Waals surface area contributed by atoms with Gasteiger partial charge in [-0.15, -0.1) is 0 Å². The molecule has 0 aliphatic carbocycles. The molecule has 5 nitrogen and oxygen atoms in total. The van der Waals surface area contributed by atoms with Crippen LogP contribution >= 0.6 is 0 Å². The topological polar surface area (TPSA) is 53.5 Å². The number of ether oxygens (including phenoxy) is 3. The van der Waals surface area contributed by atoms with Crippen LogP contribution in [-0.4, -0.2) is 42.6 Å². The zero-order chi connectivity index (χ0) is 21.6. The highest BCUT2D eigenvalue weighted by Crippen LogP contribution is 2.21. The van der Waals surface area contributed by atoms with E-state index in [1.54, 1.807) is 12.4 Å². The Morgan fingerprint density at radius 1 is 0.867 bits per heavy atom. The van der Waals surface area contributed by atoms with E-state index in [2.05, 4.69) is 16.9 Å². The van der Waals surface area contributed by atoms with Crippen LogP contribution in [0.4, 0.5) is 4.39 Å². The number of aromatic nitrogens is 2. The Labute approximate surface area is 180 Å². The Kier molecular flexibility index (Phi) is 11.2. The molecule has 0 saturated carbocycles. The van der Waals surface area contributed by atoms with E-state index in [0.29, 0.717) is 37.8 Å². The van der Waals surface area contributed by atoms with Crippen LogP contribution < -0.4 is 9.47 Å². The molecule has 2 atom stereocenters. The summed E-state index contributed by atoms with van der Waals surface area (Å²) in [7, 11) is 0. The predicted octanol–water partition coefficient (Wildman–Crippen LogP) is 5.88. The number of rotatable bonds is 15. The van der Waals surface area contributed by atoms with Crippen molar-refractivity contribution in [1.82, 2.24) is 9.97 Å². The first kappa shape index (κ1) is 24.1. The van der Waals surface area contributed by atoms with Gasteiger partial charge in [-0.2, -0.15) is 0 Å². The number of benzene rings is 1. The fourth-order valence-electron chi connectivity index (χ4n) is 2.76. The molecule has 166 valence electrons. The molecule has 0 fully saturated rings. The molecule has 2 aromatic rings. The van der Waals surface area contributed by atoms with E-state index in [-0.39, 0.29) is 12.5 Å². The lowest BCUT2D eigenvalue weighted by atomic mass is 10.2. The van der Waals surface area contributed by atoms with Gasteiger partial charge in [0.1, 0.15) is 11.9 Å². The second-order valence-corrected chi connectivity index (χ2v) is 7.64. The second-order valence-electron chi connectivity index (χ2n) is 7.64. The largest absolute Gasteiger partial charge is 0.493 e. The van der Waals surface area contributed by atoms with Gasteiger partial charge < -0.3 is 14.2 Å². The number of unbranched alkanes of at least 4 members (excludes halogenated alkanes) is 3. The molecule has 1 aromatic heterocycles. The van der Waals surface area contributed by atoms with Crippen LogP contribution in [0.3, 0.4) is 0 Å². The first-order valence-electron chi connectivity index (χ1n) is 11.0. The van der Waals surface area contributed by atoms with Crippen molar-refractivity contribution in [2.45, 2.75) is 59.0 Å². The first-order chi connectivity index (χ1) is 14.6. The second kappa shape index (κ2) is 13.9. The van der Waals surface area contributed by atoms with E-state index in [9.17, 15) is 4.39 Å². The van der Waals surface area contributed by atoms with Crippen LogP contribution in [0.1, 0.15) is 52.9 Å². The van der Waals surface area contributed by atoms with Gasteiger partial charge in [-0.25, -0.2) is 14.4 Å². The Morgan fingerprint density at radius 2 is 1.60 bits per heavy atom. The number of nitrogens with zero attached hydrogens (tertiary/aromatic N) is 2. The first-order valence-corrected chi connectivity index (χ1v) is 11.0. The molecule has 0 radical (unpaired) electrons. The molecule has 6 heteroatoms. The van der Waals surface area contributed by atoms with Gasteiger partial charge in [0, 0.05) is 11.5 Å². The Hall–Kier alpha value is -2.21. The monoisotopic (exact) mass is 418 g/mol. The zero-order valence-corrected chi connectivity index (χ0v) is 18.5. The van der Waals surface area contributed by atoms with Crippen molar-refractivity contribution in [2.24, 2.45) is 5.92 Å². The Bertz CT molecular complexity index is 695. The average Bonchev–Trinajstić information content (AvgIpc) is 2.78. The van der Waals surface area contributed by atoms with Crippen molar-refractivity contribution in [3.05, 3.63) is 36.7 Å². The third kappa shape index (κ3) is 9.08. The van der Waals surface area contributed by atoms with E-state index in [1.807, 2.05) is 38.1 Å². The molecule has 0 aliphatic rings. The van der Waals surface area contributed by atoms with Crippen LogP contribution in [0.25, 0.3) is 11.4 Å². The molecule has 1 heterocycles. The number of hydrogen-bond acceptors (Lipinski definition) is 5. The molecule has 2 unspecified atom stereocenters. The molecule has 30 heavy (non-hydrogen) atoms. The minimum absolute atomic E-state index is 0.151.